The lowest BCUT2D eigenvalue weighted by molar-refractivity contribution is -0.121. The van der Waals surface area contributed by atoms with Crippen molar-refractivity contribution in [1.82, 2.24) is 15.4 Å². The van der Waals surface area contributed by atoms with Crippen molar-refractivity contribution in [2.45, 2.75) is 25.8 Å². The van der Waals surface area contributed by atoms with E-state index in [4.69, 9.17) is 4.52 Å². The molecule has 0 saturated heterocycles. The topological polar surface area (TPSA) is 58.4 Å². The number of hydrogen-bond acceptors (Lipinski definition) is 4. The molecule has 0 fully saturated rings. The lowest BCUT2D eigenvalue weighted by Crippen LogP contribution is -2.35. The third-order valence-corrected chi connectivity index (χ3v) is 3.75. The van der Waals surface area contributed by atoms with Crippen molar-refractivity contribution in [1.29, 1.82) is 0 Å². The van der Waals surface area contributed by atoms with E-state index in [0.29, 0.717) is 19.4 Å². The number of amides is 1. The Morgan fingerprint density at radius 3 is 2.73 bits per heavy atom. The van der Waals surface area contributed by atoms with E-state index >= 15 is 0 Å². The zero-order valence-corrected chi connectivity index (χ0v) is 13.4. The molecule has 0 spiro atoms. The molecule has 5 heteroatoms. The first-order chi connectivity index (χ1) is 10.6. The SMILES string of the molecule is Cc1ccccc1[C@@H](CNC(=O)CCc1ccno1)N(C)C. The van der Waals surface area contributed by atoms with Gasteiger partial charge in [0.15, 0.2) is 0 Å². The van der Waals surface area contributed by atoms with Gasteiger partial charge in [-0.3, -0.25) is 4.79 Å². The molecule has 0 saturated carbocycles. The van der Waals surface area contributed by atoms with Crippen molar-refractivity contribution in [3.8, 4) is 0 Å². The number of carbonyl (C=O) groups excluding carboxylic acids is 1. The van der Waals surface area contributed by atoms with Crippen molar-refractivity contribution >= 4 is 5.91 Å². The van der Waals surface area contributed by atoms with Gasteiger partial charge in [0.05, 0.1) is 12.2 Å². The van der Waals surface area contributed by atoms with Crippen LogP contribution in [0.5, 0.6) is 0 Å². The molecule has 22 heavy (non-hydrogen) atoms. The highest BCUT2D eigenvalue weighted by Crippen LogP contribution is 2.20. The molecule has 0 aliphatic heterocycles. The van der Waals surface area contributed by atoms with Crippen LogP contribution in [0.25, 0.3) is 0 Å². The average molecular weight is 301 g/mol. The van der Waals surface area contributed by atoms with Gasteiger partial charge in [-0.1, -0.05) is 29.4 Å². The molecule has 0 aliphatic rings. The first-order valence-electron chi connectivity index (χ1n) is 7.46. The van der Waals surface area contributed by atoms with Gasteiger partial charge in [-0.05, 0) is 32.1 Å². The molecule has 0 bridgehead atoms. The minimum atomic E-state index is 0.0248. The van der Waals surface area contributed by atoms with Crippen LogP contribution in [0.1, 0.15) is 29.3 Å². The minimum absolute atomic E-state index is 0.0248. The Bertz CT molecular complexity index is 594. The molecular weight excluding hydrogens is 278 g/mol. The molecule has 0 unspecified atom stereocenters. The van der Waals surface area contributed by atoms with Crippen LogP contribution in [0.3, 0.4) is 0 Å². The molecule has 2 rings (SSSR count). The fourth-order valence-corrected chi connectivity index (χ4v) is 2.44. The van der Waals surface area contributed by atoms with Gasteiger partial charge in [-0.2, -0.15) is 0 Å². The molecule has 118 valence electrons. The third-order valence-electron chi connectivity index (χ3n) is 3.75. The zero-order chi connectivity index (χ0) is 15.9. The summed E-state index contributed by atoms with van der Waals surface area (Å²) < 4.78 is 4.99. The number of aryl methyl sites for hydroxylation is 2. The smallest absolute Gasteiger partial charge is 0.220 e. The Labute approximate surface area is 131 Å². The highest BCUT2D eigenvalue weighted by atomic mass is 16.5. The Balaban J connectivity index is 1.89. The van der Waals surface area contributed by atoms with Gasteiger partial charge < -0.3 is 14.7 Å². The van der Waals surface area contributed by atoms with Crippen LogP contribution < -0.4 is 5.32 Å². The third kappa shape index (κ3) is 4.43. The fraction of sp³-hybridized carbons (Fsp3) is 0.412. The van der Waals surface area contributed by atoms with Gasteiger partial charge in [-0.15, -0.1) is 0 Å². The van der Waals surface area contributed by atoms with Crippen LogP contribution in [0.15, 0.2) is 41.1 Å². The Kier molecular flexibility index (Phi) is 5.72. The molecule has 0 radical (unpaired) electrons. The van der Waals surface area contributed by atoms with E-state index in [1.54, 1.807) is 12.3 Å². The normalized spacial score (nSPS) is 12.4. The van der Waals surface area contributed by atoms with Gasteiger partial charge in [0.2, 0.25) is 5.91 Å². The van der Waals surface area contributed by atoms with E-state index in [1.165, 1.54) is 11.1 Å². The van der Waals surface area contributed by atoms with E-state index in [0.717, 1.165) is 5.76 Å². The molecule has 0 aliphatic carbocycles. The van der Waals surface area contributed by atoms with E-state index < -0.39 is 0 Å². The lowest BCUT2D eigenvalue weighted by atomic mass is 10.0. The molecule has 1 amide bonds. The van der Waals surface area contributed by atoms with Crippen LogP contribution in [0.4, 0.5) is 0 Å². The molecule has 1 atom stereocenters. The van der Waals surface area contributed by atoms with Crippen molar-refractivity contribution in [2.75, 3.05) is 20.6 Å². The van der Waals surface area contributed by atoms with E-state index in [-0.39, 0.29) is 11.9 Å². The largest absolute Gasteiger partial charge is 0.361 e. The average Bonchev–Trinajstić information content (AvgIpc) is 3.00. The summed E-state index contributed by atoms with van der Waals surface area (Å²) >= 11 is 0. The molecule has 5 nitrogen and oxygen atoms in total. The summed E-state index contributed by atoms with van der Waals surface area (Å²) in [6.07, 6.45) is 2.57. The zero-order valence-electron chi connectivity index (χ0n) is 13.4. The van der Waals surface area contributed by atoms with Crippen LogP contribution in [-0.2, 0) is 11.2 Å². The summed E-state index contributed by atoms with van der Waals surface area (Å²) in [7, 11) is 4.05. The maximum Gasteiger partial charge on any atom is 0.220 e. The summed E-state index contributed by atoms with van der Waals surface area (Å²) in [4.78, 5) is 14.1. The highest BCUT2D eigenvalue weighted by molar-refractivity contribution is 5.76. The lowest BCUT2D eigenvalue weighted by Gasteiger charge is -2.26. The Hall–Kier alpha value is -2.14. The number of aromatic nitrogens is 1. The second kappa shape index (κ2) is 7.75. The van der Waals surface area contributed by atoms with Gasteiger partial charge >= 0.3 is 0 Å². The number of carbonyl (C=O) groups is 1. The molecule has 1 heterocycles. The van der Waals surface area contributed by atoms with E-state index in [9.17, 15) is 4.79 Å². The molecule has 1 N–H and O–H groups in total. The van der Waals surface area contributed by atoms with Crippen LogP contribution in [0, 0.1) is 6.92 Å². The number of benzene rings is 1. The number of nitrogens with zero attached hydrogens (tertiary/aromatic N) is 2. The van der Waals surface area contributed by atoms with Crippen LogP contribution in [0.2, 0.25) is 0 Å². The van der Waals surface area contributed by atoms with Crippen molar-refractivity contribution in [2.24, 2.45) is 0 Å². The standard InChI is InChI=1S/C17H23N3O2/c1-13-6-4-5-7-15(13)16(20(2)3)12-18-17(21)9-8-14-10-11-19-22-14/h4-7,10-11,16H,8-9,12H2,1-3H3,(H,18,21)/t16-/m1/s1. The van der Waals surface area contributed by atoms with E-state index in [2.05, 4.69) is 34.4 Å². The van der Waals surface area contributed by atoms with Gasteiger partial charge in [0.1, 0.15) is 5.76 Å². The Morgan fingerprint density at radius 1 is 1.32 bits per heavy atom. The van der Waals surface area contributed by atoms with Crippen molar-refractivity contribution in [3.63, 3.8) is 0 Å². The maximum atomic E-state index is 12.0. The maximum absolute atomic E-state index is 12.0. The first kappa shape index (κ1) is 16.2. The van der Waals surface area contributed by atoms with Gasteiger partial charge in [-0.25, -0.2) is 0 Å². The second-order valence-electron chi connectivity index (χ2n) is 5.62. The minimum Gasteiger partial charge on any atom is -0.361 e. The molecule has 2 aromatic rings. The number of hydrogen-bond donors (Lipinski definition) is 1. The molecule has 1 aromatic heterocycles. The number of nitrogens with one attached hydrogen (secondary N) is 1. The second-order valence-corrected chi connectivity index (χ2v) is 5.62. The van der Waals surface area contributed by atoms with Gasteiger partial charge in [0, 0.05) is 25.5 Å². The van der Waals surface area contributed by atoms with E-state index in [1.807, 2.05) is 26.2 Å². The summed E-state index contributed by atoms with van der Waals surface area (Å²) in [6, 6.07) is 10.2. The summed E-state index contributed by atoms with van der Waals surface area (Å²) in [5.41, 5.74) is 2.47. The summed E-state index contributed by atoms with van der Waals surface area (Å²) in [5.74, 6) is 0.759. The highest BCUT2D eigenvalue weighted by Gasteiger charge is 2.17. The fourth-order valence-electron chi connectivity index (χ4n) is 2.44. The van der Waals surface area contributed by atoms with Crippen molar-refractivity contribution < 1.29 is 9.32 Å². The van der Waals surface area contributed by atoms with Crippen molar-refractivity contribution in [3.05, 3.63) is 53.4 Å². The number of rotatable bonds is 7. The van der Waals surface area contributed by atoms with Gasteiger partial charge in [0.25, 0.3) is 0 Å². The van der Waals surface area contributed by atoms with Crippen LogP contribution in [-0.4, -0.2) is 36.6 Å². The number of likely N-dealkylation sites (N-methyl/N-ethyl adjacent to an activating group) is 1. The predicted octanol–water partition coefficient (Wildman–Crippen LogP) is 2.33. The first-order valence-corrected chi connectivity index (χ1v) is 7.46. The molecule has 1 aromatic carbocycles. The monoisotopic (exact) mass is 301 g/mol. The predicted molar refractivity (Wildman–Crippen MR) is 85.4 cm³/mol. The quantitative estimate of drug-likeness (QED) is 0.853. The van der Waals surface area contributed by atoms with Crippen LogP contribution >= 0.6 is 0 Å². The Morgan fingerprint density at radius 2 is 2.09 bits per heavy atom. The summed E-state index contributed by atoms with van der Waals surface area (Å²) in [5, 5.41) is 6.64. The summed E-state index contributed by atoms with van der Waals surface area (Å²) in [6.45, 7) is 2.69. The molecular formula is C17H23N3O2.